The zero-order valence-corrected chi connectivity index (χ0v) is 13.8. The fourth-order valence-electron chi connectivity index (χ4n) is 2.53. The summed E-state index contributed by atoms with van der Waals surface area (Å²) in [6, 6.07) is 3.64. The van der Waals surface area contributed by atoms with Gasteiger partial charge in [0.25, 0.3) is 0 Å². The number of hydrogen-bond donors (Lipinski definition) is 1. The Bertz CT molecular complexity index is 435. The average molecular weight is 342 g/mol. The molecule has 2 nitrogen and oxygen atoms in total. The predicted octanol–water partition coefficient (Wildman–Crippen LogP) is 4.13. The van der Waals surface area contributed by atoms with E-state index in [-0.39, 0.29) is 17.4 Å². The summed E-state index contributed by atoms with van der Waals surface area (Å²) in [5.41, 5.74) is 0.882. The van der Waals surface area contributed by atoms with Crippen LogP contribution < -0.4 is 5.32 Å². The number of nitrogens with one attached hydrogen (secondary N) is 1. The van der Waals surface area contributed by atoms with Crippen molar-refractivity contribution in [3.05, 3.63) is 33.6 Å². The van der Waals surface area contributed by atoms with Gasteiger partial charge in [0.2, 0.25) is 0 Å². The highest BCUT2D eigenvalue weighted by Gasteiger charge is 2.18. The molecule has 1 atom stereocenters. The first-order chi connectivity index (χ1) is 9.09. The number of benzene rings is 1. The molecule has 0 bridgehead atoms. The van der Waals surface area contributed by atoms with E-state index in [0.29, 0.717) is 17.6 Å². The molecule has 1 unspecified atom stereocenters. The highest BCUT2D eigenvalue weighted by molar-refractivity contribution is 6.42. The van der Waals surface area contributed by atoms with E-state index in [2.05, 4.69) is 17.3 Å². The van der Waals surface area contributed by atoms with Crippen LogP contribution in [0.3, 0.4) is 0 Å². The molecular formula is C14H20Cl3FN2. The van der Waals surface area contributed by atoms with Crippen molar-refractivity contribution in [1.29, 1.82) is 0 Å². The lowest BCUT2D eigenvalue weighted by Gasteiger charge is -2.27. The van der Waals surface area contributed by atoms with Crippen molar-refractivity contribution in [2.24, 2.45) is 0 Å². The van der Waals surface area contributed by atoms with Gasteiger partial charge >= 0.3 is 0 Å². The first-order valence-corrected chi connectivity index (χ1v) is 7.38. The largest absolute Gasteiger partial charge is 0.317 e. The summed E-state index contributed by atoms with van der Waals surface area (Å²) >= 11 is 11.9. The van der Waals surface area contributed by atoms with Gasteiger partial charge in [-0.25, -0.2) is 4.39 Å². The number of hydrogen-bond acceptors (Lipinski definition) is 2. The van der Waals surface area contributed by atoms with Crippen LogP contribution in [0.1, 0.15) is 24.8 Å². The first-order valence-electron chi connectivity index (χ1n) is 6.63. The number of halogens is 4. The third kappa shape index (κ3) is 4.47. The Morgan fingerprint density at radius 3 is 2.75 bits per heavy atom. The van der Waals surface area contributed by atoms with Crippen molar-refractivity contribution < 1.29 is 4.39 Å². The van der Waals surface area contributed by atoms with E-state index in [1.807, 2.05) is 0 Å². The molecule has 1 aromatic carbocycles. The van der Waals surface area contributed by atoms with Crippen molar-refractivity contribution in [2.75, 3.05) is 20.1 Å². The Hall–Kier alpha value is -0.0600. The molecule has 1 aliphatic rings. The van der Waals surface area contributed by atoms with E-state index in [9.17, 15) is 4.39 Å². The molecule has 20 heavy (non-hydrogen) atoms. The normalized spacial score (nSPS) is 19.6. The molecule has 1 N–H and O–H groups in total. The van der Waals surface area contributed by atoms with Gasteiger partial charge in [0.15, 0.2) is 0 Å². The van der Waals surface area contributed by atoms with Crippen LogP contribution in [-0.2, 0) is 6.54 Å². The highest BCUT2D eigenvalue weighted by atomic mass is 35.5. The van der Waals surface area contributed by atoms with Gasteiger partial charge in [-0.1, -0.05) is 29.3 Å². The van der Waals surface area contributed by atoms with Crippen LogP contribution in [0.4, 0.5) is 4.39 Å². The Labute approximate surface area is 136 Å². The van der Waals surface area contributed by atoms with Crippen LogP contribution in [0.25, 0.3) is 0 Å². The molecule has 0 aromatic heterocycles. The van der Waals surface area contributed by atoms with Gasteiger partial charge in [-0.2, -0.15) is 0 Å². The smallest absolute Gasteiger partial charge is 0.143 e. The van der Waals surface area contributed by atoms with Gasteiger partial charge in [0.1, 0.15) is 5.82 Å². The molecule has 1 aliphatic heterocycles. The lowest BCUT2D eigenvalue weighted by molar-refractivity contribution is 0.216. The molecule has 114 valence electrons. The minimum absolute atomic E-state index is 0. The van der Waals surface area contributed by atoms with Gasteiger partial charge in [-0.05, 0) is 51.0 Å². The summed E-state index contributed by atoms with van der Waals surface area (Å²) in [4.78, 5) is 2.28. The Morgan fingerprint density at radius 1 is 1.25 bits per heavy atom. The Morgan fingerprint density at radius 2 is 2.00 bits per heavy atom. The second kappa shape index (κ2) is 8.40. The minimum Gasteiger partial charge on any atom is -0.317 e. The van der Waals surface area contributed by atoms with Crippen molar-refractivity contribution in [3.63, 3.8) is 0 Å². The lowest BCUT2D eigenvalue weighted by Crippen LogP contribution is -2.32. The molecule has 6 heteroatoms. The quantitative estimate of drug-likeness (QED) is 0.832. The highest BCUT2D eigenvalue weighted by Crippen LogP contribution is 2.29. The van der Waals surface area contributed by atoms with E-state index < -0.39 is 5.82 Å². The molecule has 0 spiro atoms. The average Bonchev–Trinajstić information content (AvgIpc) is 2.68. The summed E-state index contributed by atoms with van der Waals surface area (Å²) < 4.78 is 13.3. The van der Waals surface area contributed by atoms with Gasteiger partial charge < -0.3 is 5.32 Å². The molecule has 1 heterocycles. The summed E-state index contributed by atoms with van der Waals surface area (Å²) in [6.45, 7) is 2.84. The zero-order chi connectivity index (χ0) is 13.8. The summed E-state index contributed by atoms with van der Waals surface area (Å²) in [7, 11) is 2.09. The molecule has 1 aromatic rings. The third-order valence-electron chi connectivity index (χ3n) is 3.70. The van der Waals surface area contributed by atoms with E-state index >= 15 is 0 Å². The molecular weight excluding hydrogens is 322 g/mol. The summed E-state index contributed by atoms with van der Waals surface area (Å²) in [5.74, 6) is -0.461. The fraction of sp³-hybridized carbons (Fsp3) is 0.571. The van der Waals surface area contributed by atoms with Crippen LogP contribution in [-0.4, -0.2) is 31.1 Å². The number of rotatable bonds is 3. The summed E-state index contributed by atoms with van der Waals surface area (Å²) in [6.07, 6.45) is 3.49. The minimum atomic E-state index is -0.461. The molecule has 1 fully saturated rings. The topological polar surface area (TPSA) is 15.3 Å². The summed E-state index contributed by atoms with van der Waals surface area (Å²) in [5, 5.41) is 3.76. The molecule has 1 saturated heterocycles. The molecule has 0 aliphatic carbocycles. The first kappa shape index (κ1) is 18.0. The predicted molar refractivity (Wildman–Crippen MR) is 85.6 cm³/mol. The Balaban J connectivity index is 0.00000200. The zero-order valence-electron chi connectivity index (χ0n) is 11.5. The van der Waals surface area contributed by atoms with E-state index in [1.165, 1.54) is 18.9 Å². The van der Waals surface area contributed by atoms with E-state index in [0.717, 1.165) is 25.1 Å². The number of nitrogens with zero attached hydrogens (tertiary/aromatic N) is 1. The molecule has 0 amide bonds. The maximum Gasteiger partial charge on any atom is 0.143 e. The SMILES string of the molecule is CN(Cc1ccc(F)c(Cl)c1Cl)C1CCCNCC1.Cl. The van der Waals surface area contributed by atoms with E-state index in [1.54, 1.807) is 6.07 Å². The fourth-order valence-corrected chi connectivity index (χ4v) is 2.92. The van der Waals surface area contributed by atoms with Gasteiger partial charge in [0.05, 0.1) is 10.0 Å². The van der Waals surface area contributed by atoms with Crippen LogP contribution in [0.2, 0.25) is 10.0 Å². The lowest BCUT2D eigenvalue weighted by atomic mass is 10.1. The maximum atomic E-state index is 13.3. The maximum absolute atomic E-state index is 13.3. The second-order valence-electron chi connectivity index (χ2n) is 5.08. The van der Waals surface area contributed by atoms with Crippen molar-refractivity contribution in [1.82, 2.24) is 10.2 Å². The third-order valence-corrected chi connectivity index (χ3v) is 4.60. The van der Waals surface area contributed by atoms with Gasteiger partial charge in [0, 0.05) is 12.6 Å². The Kier molecular flexibility index (Phi) is 7.56. The standard InChI is InChI=1S/C14H19Cl2FN2.ClH/c1-19(11-3-2-7-18-8-6-11)9-10-4-5-12(17)14(16)13(10)15;/h4-5,11,18H,2-3,6-9H2,1H3;1H. The van der Waals surface area contributed by atoms with Crippen LogP contribution in [0, 0.1) is 5.82 Å². The van der Waals surface area contributed by atoms with Crippen LogP contribution in [0.5, 0.6) is 0 Å². The van der Waals surface area contributed by atoms with E-state index in [4.69, 9.17) is 23.2 Å². The van der Waals surface area contributed by atoms with Crippen molar-refractivity contribution >= 4 is 35.6 Å². The molecule has 0 saturated carbocycles. The second-order valence-corrected chi connectivity index (χ2v) is 5.84. The van der Waals surface area contributed by atoms with Gasteiger partial charge in [-0.3, -0.25) is 4.90 Å². The van der Waals surface area contributed by atoms with Crippen molar-refractivity contribution in [2.45, 2.75) is 31.8 Å². The van der Waals surface area contributed by atoms with Crippen LogP contribution in [0.15, 0.2) is 12.1 Å². The monoisotopic (exact) mass is 340 g/mol. The van der Waals surface area contributed by atoms with Crippen molar-refractivity contribution in [3.8, 4) is 0 Å². The van der Waals surface area contributed by atoms with Crippen LogP contribution >= 0.6 is 35.6 Å². The molecule has 2 rings (SSSR count). The van der Waals surface area contributed by atoms with Gasteiger partial charge in [-0.15, -0.1) is 12.4 Å². The molecule has 0 radical (unpaired) electrons.